The maximum Gasteiger partial charge on any atom is 0.126 e. The van der Waals surface area contributed by atoms with Crippen LogP contribution in [0.25, 0.3) is 0 Å². The Bertz CT molecular complexity index is 427. The van der Waals surface area contributed by atoms with Crippen LogP contribution in [-0.4, -0.2) is 10.2 Å². The lowest BCUT2D eigenvalue weighted by molar-refractivity contribution is 0.420. The lowest BCUT2D eigenvalue weighted by atomic mass is 9.88. The highest BCUT2D eigenvalue weighted by Crippen LogP contribution is 2.48. The highest BCUT2D eigenvalue weighted by Gasteiger charge is 2.27. The van der Waals surface area contributed by atoms with Crippen LogP contribution in [0.1, 0.15) is 74.3 Å². The summed E-state index contributed by atoms with van der Waals surface area (Å²) < 4.78 is 0. The Kier molecular flexibility index (Phi) is 3.19. The second kappa shape index (κ2) is 4.83. The summed E-state index contributed by atoms with van der Waals surface area (Å²) in [5.41, 5.74) is 1.91. The molecule has 2 aliphatic rings. The van der Waals surface area contributed by atoms with Crippen molar-refractivity contribution in [1.29, 1.82) is 0 Å². The van der Waals surface area contributed by atoms with Crippen LogP contribution in [0.2, 0.25) is 0 Å². The number of hydrogen-bond acceptors (Lipinski definition) is 2. The van der Waals surface area contributed by atoms with Crippen molar-refractivity contribution in [2.45, 2.75) is 63.2 Å². The molecule has 98 valence electrons. The molecule has 2 N–H and O–H groups in total. The standard InChI is InChI=1S/C16H22O2/c17-14-10-9-13(11-5-1-2-6-11)16(18)15(14)12-7-3-4-8-12/h9-12,17-18H,1-8H2. The van der Waals surface area contributed by atoms with Crippen LogP contribution >= 0.6 is 0 Å². The first-order valence-electron chi connectivity index (χ1n) is 7.32. The Labute approximate surface area is 109 Å². The van der Waals surface area contributed by atoms with E-state index in [-0.39, 0.29) is 0 Å². The summed E-state index contributed by atoms with van der Waals surface area (Å²) in [6.45, 7) is 0. The molecule has 2 heteroatoms. The number of aromatic hydroxyl groups is 2. The summed E-state index contributed by atoms with van der Waals surface area (Å²) in [7, 11) is 0. The van der Waals surface area contributed by atoms with Gasteiger partial charge in [0.15, 0.2) is 0 Å². The minimum Gasteiger partial charge on any atom is -0.508 e. The summed E-state index contributed by atoms with van der Waals surface area (Å²) >= 11 is 0. The maximum atomic E-state index is 10.5. The summed E-state index contributed by atoms with van der Waals surface area (Å²) in [5, 5.41) is 20.6. The predicted molar refractivity (Wildman–Crippen MR) is 72.2 cm³/mol. The van der Waals surface area contributed by atoms with Crippen molar-refractivity contribution in [3.05, 3.63) is 23.3 Å². The molecule has 0 bridgehead atoms. The van der Waals surface area contributed by atoms with Gasteiger partial charge in [0, 0.05) is 5.56 Å². The van der Waals surface area contributed by atoms with Gasteiger partial charge in [0.05, 0.1) is 0 Å². The van der Waals surface area contributed by atoms with E-state index < -0.39 is 0 Å². The first-order valence-corrected chi connectivity index (χ1v) is 7.32. The van der Waals surface area contributed by atoms with Gasteiger partial charge in [-0.3, -0.25) is 0 Å². The summed E-state index contributed by atoms with van der Waals surface area (Å²) in [6.07, 6.45) is 9.55. The predicted octanol–water partition coefficient (Wildman–Crippen LogP) is 4.41. The van der Waals surface area contributed by atoms with E-state index in [1.807, 2.05) is 6.07 Å². The molecule has 0 aromatic heterocycles. The van der Waals surface area contributed by atoms with Crippen LogP contribution in [0.3, 0.4) is 0 Å². The second-order valence-electron chi connectivity index (χ2n) is 5.90. The Morgan fingerprint density at radius 2 is 1.33 bits per heavy atom. The molecular weight excluding hydrogens is 224 g/mol. The molecule has 0 unspecified atom stereocenters. The van der Waals surface area contributed by atoms with Crippen LogP contribution < -0.4 is 0 Å². The number of hydrogen-bond donors (Lipinski definition) is 2. The van der Waals surface area contributed by atoms with E-state index in [1.54, 1.807) is 6.07 Å². The van der Waals surface area contributed by atoms with Gasteiger partial charge in [0.1, 0.15) is 11.5 Å². The van der Waals surface area contributed by atoms with Crippen molar-refractivity contribution < 1.29 is 10.2 Å². The molecule has 2 aliphatic carbocycles. The van der Waals surface area contributed by atoms with E-state index in [1.165, 1.54) is 38.5 Å². The maximum absolute atomic E-state index is 10.5. The number of benzene rings is 1. The van der Waals surface area contributed by atoms with E-state index >= 15 is 0 Å². The van der Waals surface area contributed by atoms with E-state index in [0.717, 1.165) is 24.0 Å². The van der Waals surface area contributed by atoms with Gasteiger partial charge in [-0.2, -0.15) is 0 Å². The van der Waals surface area contributed by atoms with Crippen molar-refractivity contribution in [2.24, 2.45) is 0 Å². The molecule has 2 fully saturated rings. The Hall–Kier alpha value is -1.18. The molecule has 1 aromatic rings. The van der Waals surface area contributed by atoms with Gasteiger partial charge in [-0.05, 0) is 49.1 Å². The molecule has 3 rings (SSSR count). The first kappa shape index (κ1) is 11.9. The van der Waals surface area contributed by atoms with Crippen molar-refractivity contribution in [3.63, 3.8) is 0 Å². The van der Waals surface area contributed by atoms with Gasteiger partial charge in [-0.1, -0.05) is 31.7 Å². The Morgan fingerprint density at radius 3 is 1.94 bits per heavy atom. The van der Waals surface area contributed by atoms with Crippen molar-refractivity contribution in [3.8, 4) is 11.5 Å². The van der Waals surface area contributed by atoms with Crippen molar-refractivity contribution in [2.75, 3.05) is 0 Å². The van der Waals surface area contributed by atoms with Crippen LogP contribution in [0, 0.1) is 0 Å². The Morgan fingerprint density at radius 1 is 0.778 bits per heavy atom. The smallest absolute Gasteiger partial charge is 0.126 e. The molecule has 0 saturated heterocycles. The van der Waals surface area contributed by atoms with E-state index in [2.05, 4.69) is 0 Å². The van der Waals surface area contributed by atoms with Crippen LogP contribution in [0.5, 0.6) is 11.5 Å². The zero-order chi connectivity index (χ0) is 12.5. The third-order valence-corrected chi connectivity index (χ3v) is 4.78. The monoisotopic (exact) mass is 246 g/mol. The topological polar surface area (TPSA) is 40.5 Å². The van der Waals surface area contributed by atoms with E-state index in [9.17, 15) is 10.2 Å². The molecule has 0 amide bonds. The third kappa shape index (κ3) is 1.98. The van der Waals surface area contributed by atoms with Crippen LogP contribution in [-0.2, 0) is 0 Å². The molecular formula is C16H22O2. The second-order valence-corrected chi connectivity index (χ2v) is 5.90. The lowest BCUT2D eigenvalue weighted by Crippen LogP contribution is -1.99. The van der Waals surface area contributed by atoms with Gasteiger partial charge in [-0.25, -0.2) is 0 Å². The molecule has 0 heterocycles. The first-order chi connectivity index (χ1) is 8.77. The van der Waals surface area contributed by atoms with Crippen LogP contribution in [0.4, 0.5) is 0 Å². The largest absolute Gasteiger partial charge is 0.508 e. The zero-order valence-electron chi connectivity index (χ0n) is 10.9. The van der Waals surface area contributed by atoms with Crippen LogP contribution in [0.15, 0.2) is 12.1 Å². The SMILES string of the molecule is Oc1ccc(C2CCCC2)c(O)c1C1CCCC1. The molecule has 2 nitrogen and oxygen atoms in total. The van der Waals surface area contributed by atoms with Gasteiger partial charge in [0.25, 0.3) is 0 Å². The van der Waals surface area contributed by atoms with Gasteiger partial charge in [0.2, 0.25) is 0 Å². The fraction of sp³-hybridized carbons (Fsp3) is 0.625. The molecule has 0 atom stereocenters. The summed E-state index contributed by atoms with van der Waals surface area (Å²) in [5.74, 6) is 1.56. The minimum atomic E-state index is 0.293. The summed E-state index contributed by atoms with van der Waals surface area (Å²) in [6, 6.07) is 3.72. The average molecular weight is 246 g/mol. The minimum absolute atomic E-state index is 0.293. The average Bonchev–Trinajstić information content (AvgIpc) is 3.01. The normalized spacial score (nSPS) is 21.8. The van der Waals surface area contributed by atoms with Gasteiger partial charge >= 0.3 is 0 Å². The fourth-order valence-electron chi connectivity index (χ4n) is 3.80. The molecule has 0 spiro atoms. The number of phenolic OH excluding ortho intramolecular Hbond substituents is 2. The molecule has 1 aromatic carbocycles. The summed E-state index contributed by atoms with van der Waals surface area (Å²) in [4.78, 5) is 0. The molecule has 0 radical (unpaired) electrons. The highest BCUT2D eigenvalue weighted by atomic mass is 16.3. The molecule has 0 aliphatic heterocycles. The lowest BCUT2D eigenvalue weighted by Gasteiger charge is -2.19. The zero-order valence-corrected chi connectivity index (χ0v) is 10.9. The third-order valence-electron chi connectivity index (χ3n) is 4.78. The number of phenols is 2. The van der Waals surface area contributed by atoms with Crippen molar-refractivity contribution in [1.82, 2.24) is 0 Å². The highest BCUT2D eigenvalue weighted by molar-refractivity contribution is 5.52. The quantitative estimate of drug-likeness (QED) is 0.811. The molecule has 2 saturated carbocycles. The van der Waals surface area contributed by atoms with Gasteiger partial charge in [-0.15, -0.1) is 0 Å². The number of rotatable bonds is 2. The van der Waals surface area contributed by atoms with Crippen molar-refractivity contribution >= 4 is 0 Å². The van der Waals surface area contributed by atoms with Gasteiger partial charge < -0.3 is 10.2 Å². The van der Waals surface area contributed by atoms with E-state index in [4.69, 9.17) is 0 Å². The molecule has 18 heavy (non-hydrogen) atoms. The fourth-order valence-corrected chi connectivity index (χ4v) is 3.80. The Balaban J connectivity index is 1.98. The van der Waals surface area contributed by atoms with E-state index in [0.29, 0.717) is 23.3 Å².